The van der Waals surface area contributed by atoms with Gasteiger partial charge in [0.1, 0.15) is 5.75 Å². The molecule has 1 amide bonds. The lowest BCUT2D eigenvalue weighted by molar-refractivity contribution is -0.125. The van der Waals surface area contributed by atoms with E-state index in [0.717, 1.165) is 5.56 Å². The molecule has 0 saturated carbocycles. The Balaban J connectivity index is 1.77. The van der Waals surface area contributed by atoms with Gasteiger partial charge in [-0.05, 0) is 36.8 Å². The van der Waals surface area contributed by atoms with Gasteiger partial charge in [0.05, 0.1) is 17.9 Å². The number of rotatable bonds is 4. The Labute approximate surface area is 144 Å². The summed E-state index contributed by atoms with van der Waals surface area (Å²) in [5.74, 6) is -0.365. The quantitative estimate of drug-likeness (QED) is 0.862. The molecule has 1 heterocycles. The summed E-state index contributed by atoms with van der Waals surface area (Å²) in [5, 5.41) is 3.22. The number of hydrogen-bond donors (Lipinski definition) is 1. The molecule has 1 unspecified atom stereocenters. The zero-order valence-corrected chi connectivity index (χ0v) is 13.8. The minimum Gasteiger partial charge on any atom is -0.492 e. The van der Waals surface area contributed by atoms with Gasteiger partial charge >= 0.3 is 5.97 Å². The van der Waals surface area contributed by atoms with Gasteiger partial charge in [-0.2, -0.15) is 0 Å². The average molecular weight is 346 g/mol. The molecular formula is C18H16ClNO4. The van der Waals surface area contributed by atoms with Crippen LogP contribution in [-0.2, 0) is 16.0 Å². The summed E-state index contributed by atoms with van der Waals surface area (Å²) in [4.78, 5) is 24.6. The monoisotopic (exact) mass is 345 g/mol. The van der Waals surface area contributed by atoms with Crippen LogP contribution in [-0.4, -0.2) is 24.6 Å². The van der Waals surface area contributed by atoms with Gasteiger partial charge in [-0.25, -0.2) is 4.79 Å². The molecule has 1 aliphatic rings. The second-order valence-corrected chi connectivity index (χ2v) is 5.75. The van der Waals surface area contributed by atoms with E-state index in [2.05, 4.69) is 5.32 Å². The van der Waals surface area contributed by atoms with Crippen LogP contribution in [0, 0.1) is 0 Å². The molecule has 24 heavy (non-hydrogen) atoms. The number of para-hydroxylation sites is 2. The molecule has 0 bridgehead atoms. The Morgan fingerprint density at radius 3 is 2.92 bits per heavy atom. The van der Waals surface area contributed by atoms with Crippen LogP contribution in [0.5, 0.6) is 5.75 Å². The Hall–Kier alpha value is -2.53. The molecule has 0 fully saturated rings. The number of ether oxygens (including phenoxy) is 2. The first kappa shape index (κ1) is 16.3. The van der Waals surface area contributed by atoms with E-state index in [1.54, 1.807) is 36.4 Å². The number of anilines is 1. The third-order valence-electron chi connectivity index (χ3n) is 3.68. The van der Waals surface area contributed by atoms with Crippen LogP contribution in [0.2, 0.25) is 5.02 Å². The van der Waals surface area contributed by atoms with Crippen molar-refractivity contribution >= 4 is 29.2 Å². The molecule has 5 nitrogen and oxygen atoms in total. The number of halogens is 1. The van der Waals surface area contributed by atoms with Crippen molar-refractivity contribution in [3.8, 4) is 5.75 Å². The third-order valence-corrected chi connectivity index (χ3v) is 3.92. The van der Waals surface area contributed by atoms with Gasteiger partial charge in [0.25, 0.3) is 5.91 Å². The summed E-state index contributed by atoms with van der Waals surface area (Å²) in [6, 6.07) is 12.1. The maximum atomic E-state index is 12.5. The summed E-state index contributed by atoms with van der Waals surface area (Å²) in [6.45, 7) is 2.35. The number of carbonyl (C=O) groups excluding carboxylic acids is 2. The fourth-order valence-electron chi connectivity index (χ4n) is 2.56. The highest BCUT2D eigenvalue weighted by molar-refractivity contribution is 6.31. The number of esters is 1. The molecule has 1 aliphatic heterocycles. The van der Waals surface area contributed by atoms with Crippen molar-refractivity contribution in [1.29, 1.82) is 0 Å². The molecular weight excluding hydrogens is 330 g/mol. The predicted octanol–water partition coefficient (Wildman–Crippen LogP) is 3.46. The molecule has 0 aromatic heterocycles. The van der Waals surface area contributed by atoms with Crippen molar-refractivity contribution < 1.29 is 19.1 Å². The predicted molar refractivity (Wildman–Crippen MR) is 90.6 cm³/mol. The molecule has 6 heteroatoms. The lowest BCUT2D eigenvalue weighted by Gasteiger charge is -2.24. The van der Waals surface area contributed by atoms with Crippen LogP contribution in [0.1, 0.15) is 22.8 Å². The second kappa shape index (κ2) is 6.93. The zero-order valence-electron chi connectivity index (χ0n) is 13.0. The lowest BCUT2D eigenvalue weighted by atomic mass is 9.98. The smallest absolute Gasteiger partial charge is 0.339 e. The van der Waals surface area contributed by atoms with Crippen LogP contribution in [0.4, 0.5) is 5.69 Å². The minimum absolute atomic E-state index is 0.306. The number of hydrogen-bond acceptors (Lipinski definition) is 4. The van der Waals surface area contributed by atoms with E-state index in [9.17, 15) is 9.59 Å². The summed E-state index contributed by atoms with van der Waals surface area (Å²) in [7, 11) is 0. The van der Waals surface area contributed by atoms with Crippen molar-refractivity contribution in [1.82, 2.24) is 0 Å². The standard InChI is InChI=1S/C18H16ClNO4/c1-2-23-15-6-4-3-5-14(15)20-17(21)16-9-11-7-8-12(19)10-13(11)18(22)24-16/h3-8,10,16H,2,9H2,1H3,(H,20,21). The van der Waals surface area contributed by atoms with Crippen LogP contribution in [0.3, 0.4) is 0 Å². The van der Waals surface area contributed by atoms with Gasteiger partial charge in [-0.15, -0.1) is 0 Å². The van der Waals surface area contributed by atoms with Crippen molar-refractivity contribution in [2.24, 2.45) is 0 Å². The minimum atomic E-state index is -0.888. The third kappa shape index (κ3) is 3.36. The number of nitrogens with one attached hydrogen (secondary N) is 1. The molecule has 0 aliphatic carbocycles. The average Bonchev–Trinajstić information content (AvgIpc) is 2.57. The molecule has 0 spiro atoms. The van der Waals surface area contributed by atoms with Gasteiger partial charge < -0.3 is 14.8 Å². The van der Waals surface area contributed by atoms with E-state index in [0.29, 0.717) is 35.1 Å². The molecule has 3 rings (SSSR count). The van der Waals surface area contributed by atoms with Crippen molar-refractivity contribution in [2.75, 3.05) is 11.9 Å². The largest absolute Gasteiger partial charge is 0.492 e. The SMILES string of the molecule is CCOc1ccccc1NC(=O)C1Cc2ccc(Cl)cc2C(=O)O1. The van der Waals surface area contributed by atoms with E-state index < -0.39 is 18.0 Å². The van der Waals surface area contributed by atoms with Crippen molar-refractivity contribution in [2.45, 2.75) is 19.4 Å². The van der Waals surface area contributed by atoms with Crippen LogP contribution in [0.25, 0.3) is 0 Å². The number of benzene rings is 2. The number of amides is 1. The van der Waals surface area contributed by atoms with Crippen molar-refractivity contribution in [3.05, 3.63) is 58.6 Å². The molecule has 2 aromatic carbocycles. The lowest BCUT2D eigenvalue weighted by Crippen LogP contribution is -2.38. The van der Waals surface area contributed by atoms with Gasteiger partial charge in [0.2, 0.25) is 0 Å². The normalized spacial score (nSPS) is 16.1. The maximum absolute atomic E-state index is 12.5. The number of carbonyl (C=O) groups is 2. The zero-order chi connectivity index (χ0) is 17.1. The Morgan fingerprint density at radius 2 is 2.12 bits per heavy atom. The fourth-order valence-corrected chi connectivity index (χ4v) is 2.73. The Morgan fingerprint density at radius 1 is 1.33 bits per heavy atom. The van der Waals surface area contributed by atoms with Gasteiger partial charge in [-0.1, -0.05) is 29.8 Å². The number of cyclic esters (lactones) is 1. The molecule has 1 atom stereocenters. The van der Waals surface area contributed by atoms with E-state index >= 15 is 0 Å². The summed E-state index contributed by atoms with van der Waals surface area (Å²) < 4.78 is 10.7. The van der Waals surface area contributed by atoms with E-state index in [1.165, 1.54) is 0 Å². The Kier molecular flexibility index (Phi) is 4.71. The van der Waals surface area contributed by atoms with Crippen molar-refractivity contribution in [3.63, 3.8) is 0 Å². The topological polar surface area (TPSA) is 64.6 Å². The van der Waals surface area contributed by atoms with E-state index in [-0.39, 0.29) is 0 Å². The van der Waals surface area contributed by atoms with Gasteiger partial charge in [0.15, 0.2) is 6.10 Å². The highest BCUT2D eigenvalue weighted by atomic mass is 35.5. The highest BCUT2D eigenvalue weighted by Gasteiger charge is 2.31. The Bertz CT molecular complexity index is 790. The molecule has 0 saturated heterocycles. The molecule has 2 aromatic rings. The summed E-state index contributed by atoms with van der Waals surface area (Å²) in [5.41, 5.74) is 1.69. The summed E-state index contributed by atoms with van der Waals surface area (Å²) in [6.07, 6.45) is -0.582. The second-order valence-electron chi connectivity index (χ2n) is 5.32. The summed E-state index contributed by atoms with van der Waals surface area (Å²) >= 11 is 5.89. The van der Waals surface area contributed by atoms with Gasteiger partial charge in [-0.3, -0.25) is 4.79 Å². The van der Waals surface area contributed by atoms with Crippen LogP contribution in [0.15, 0.2) is 42.5 Å². The first-order valence-corrected chi connectivity index (χ1v) is 7.98. The van der Waals surface area contributed by atoms with Gasteiger partial charge in [0, 0.05) is 11.4 Å². The fraction of sp³-hybridized carbons (Fsp3) is 0.222. The maximum Gasteiger partial charge on any atom is 0.339 e. The molecule has 124 valence electrons. The highest BCUT2D eigenvalue weighted by Crippen LogP contribution is 2.27. The molecule has 0 radical (unpaired) electrons. The van der Waals surface area contributed by atoms with E-state index in [1.807, 2.05) is 13.0 Å². The van der Waals surface area contributed by atoms with E-state index in [4.69, 9.17) is 21.1 Å². The first-order valence-electron chi connectivity index (χ1n) is 7.60. The molecule has 1 N–H and O–H groups in total. The first-order chi connectivity index (χ1) is 11.6. The van der Waals surface area contributed by atoms with Crippen LogP contribution >= 0.6 is 11.6 Å². The van der Waals surface area contributed by atoms with Crippen LogP contribution < -0.4 is 10.1 Å². The number of fused-ring (bicyclic) bond motifs is 1.